The van der Waals surface area contributed by atoms with Crippen LogP contribution in [-0.4, -0.2) is 19.2 Å². The number of fused-ring (bicyclic) bond motifs is 1. The lowest BCUT2D eigenvalue weighted by Crippen LogP contribution is -2.35. The van der Waals surface area contributed by atoms with E-state index in [1.165, 1.54) is 0 Å². The molecule has 0 aromatic heterocycles. The molecular weight excluding hydrogens is 352 g/mol. The van der Waals surface area contributed by atoms with Crippen LogP contribution in [0.4, 0.5) is 10.5 Å². The van der Waals surface area contributed by atoms with Crippen molar-refractivity contribution in [2.45, 2.75) is 26.3 Å². The number of rotatable bonds is 4. The van der Waals surface area contributed by atoms with Crippen molar-refractivity contribution >= 4 is 23.3 Å². The SMILES string of the molecule is CC(C)C(NC(=O)Nc1ccc(Cl)cc1)c1ccc2c(c1)OCCCO2. The van der Waals surface area contributed by atoms with Gasteiger partial charge in [0.15, 0.2) is 11.5 Å². The second-order valence-electron chi connectivity index (χ2n) is 6.58. The van der Waals surface area contributed by atoms with Crippen molar-refractivity contribution in [1.82, 2.24) is 5.32 Å². The third-order valence-electron chi connectivity index (χ3n) is 4.19. The smallest absolute Gasteiger partial charge is 0.319 e. The Kier molecular flexibility index (Phi) is 5.89. The molecule has 2 aromatic carbocycles. The van der Waals surface area contributed by atoms with Crippen LogP contribution in [0.5, 0.6) is 11.5 Å². The number of ether oxygens (including phenoxy) is 2. The highest BCUT2D eigenvalue weighted by Crippen LogP contribution is 2.34. The normalized spacial score (nSPS) is 14.5. The van der Waals surface area contributed by atoms with Crippen LogP contribution in [0.15, 0.2) is 42.5 Å². The van der Waals surface area contributed by atoms with E-state index in [1.54, 1.807) is 24.3 Å². The minimum absolute atomic E-state index is 0.153. The largest absolute Gasteiger partial charge is 0.490 e. The van der Waals surface area contributed by atoms with Crippen molar-refractivity contribution in [3.63, 3.8) is 0 Å². The van der Waals surface area contributed by atoms with Gasteiger partial charge in [0.1, 0.15) is 0 Å². The molecule has 5 nitrogen and oxygen atoms in total. The highest BCUT2D eigenvalue weighted by Gasteiger charge is 2.21. The first-order chi connectivity index (χ1) is 12.5. The summed E-state index contributed by atoms with van der Waals surface area (Å²) in [7, 11) is 0. The van der Waals surface area contributed by atoms with Gasteiger partial charge in [0.05, 0.1) is 19.3 Å². The molecule has 1 aliphatic heterocycles. The summed E-state index contributed by atoms with van der Waals surface area (Å²) in [5.74, 6) is 1.68. The Hall–Kier alpha value is -2.40. The van der Waals surface area contributed by atoms with E-state index in [1.807, 2.05) is 18.2 Å². The van der Waals surface area contributed by atoms with Gasteiger partial charge in [-0.3, -0.25) is 0 Å². The fourth-order valence-corrected chi connectivity index (χ4v) is 2.98. The van der Waals surface area contributed by atoms with Gasteiger partial charge < -0.3 is 20.1 Å². The zero-order chi connectivity index (χ0) is 18.5. The quantitative estimate of drug-likeness (QED) is 0.789. The maximum atomic E-state index is 12.4. The Morgan fingerprint density at radius 3 is 2.42 bits per heavy atom. The first-order valence-electron chi connectivity index (χ1n) is 8.75. The van der Waals surface area contributed by atoms with Gasteiger partial charge in [0.2, 0.25) is 0 Å². The van der Waals surface area contributed by atoms with E-state index in [-0.39, 0.29) is 18.0 Å². The standard InChI is InChI=1S/C20H23ClN2O3/c1-13(2)19(23-20(24)22-16-7-5-15(21)6-8-16)14-4-9-17-18(12-14)26-11-3-10-25-17/h4-9,12-13,19H,3,10-11H2,1-2H3,(H2,22,23,24). The monoisotopic (exact) mass is 374 g/mol. The van der Waals surface area contributed by atoms with Crippen LogP contribution in [0.25, 0.3) is 0 Å². The number of hydrogen-bond acceptors (Lipinski definition) is 3. The van der Waals surface area contributed by atoms with Crippen LogP contribution < -0.4 is 20.1 Å². The highest BCUT2D eigenvalue weighted by molar-refractivity contribution is 6.30. The summed E-state index contributed by atoms with van der Waals surface area (Å²) in [6.07, 6.45) is 0.860. The van der Waals surface area contributed by atoms with Crippen LogP contribution in [0.1, 0.15) is 31.9 Å². The van der Waals surface area contributed by atoms with Crippen LogP contribution >= 0.6 is 11.6 Å². The first-order valence-corrected chi connectivity index (χ1v) is 9.13. The molecule has 6 heteroatoms. The van der Waals surface area contributed by atoms with Crippen LogP contribution in [0.3, 0.4) is 0 Å². The third-order valence-corrected chi connectivity index (χ3v) is 4.44. The van der Waals surface area contributed by atoms with E-state index in [2.05, 4.69) is 24.5 Å². The summed E-state index contributed by atoms with van der Waals surface area (Å²) in [6.45, 7) is 5.42. The third kappa shape index (κ3) is 4.61. The van der Waals surface area contributed by atoms with E-state index in [4.69, 9.17) is 21.1 Å². The van der Waals surface area contributed by atoms with Gasteiger partial charge in [-0.25, -0.2) is 4.79 Å². The molecule has 2 amide bonds. The van der Waals surface area contributed by atoms with Crippen molar-refractivity contribution in [2.75, 3.05) is 18.5 Å². The molecule has 0 spiro atoms. The Bertz CT molecular complexity index is 762. The molecule has 0 saturated heterocycles. The van der Waals surface area contributed by atoms with Gasteiger partial charge in [0.25, 0.3) is 0 Å². The molecule has 0 radical (unpaired) electrons. The number of hydrogen-bond donors (Lipinski definition) is 2. The average molecular weight is 375 g/mol. The topological polar surface area (TPSA) is 59.6 Å². The van der Waals surface area contributed by atoms with Gasteiger partial charge >= 0.3 is 6.03 Å². The van der Waals surface area contributed by atoms with Crippen molar-refractivity contribution in [3.8, 4) is 11.5 Å². The zero-order valence-electron chi connectivity index (χ0n) is 14.9. The number of amides is 2. The van der Waals surface area contributed by atoms with Gasteiger partial charge in [-0.05, 0) is 47.9 Å². The summed E-state index contributed by atoms with van der Waals surface area (Å²) < 4.78 is 11.4. The van der Waals surface area contributed by atoms with Crippen molar-refractivity contribution in [2.24, 2.45) is 5.92 Å². The van der Waals surface area contributed by atoms with Crippen molar-refractivity contribution < 1.29 is 14.3 Å². The fourth-order valence-electron chi connectivity index (χ4n) is 2.85. The molecule has 1 atom stereocenters. The molecule has 1 aliphatic rings. The molecule has 2 N–H and O–H groups in total. The van der Waals surface area contributed by atoms with Gasteiger partial charge in [-0.2, -0.15) is 0 Å². The molecule has 0 saturated carbocycles. The number of benzene rings is 2. The van der Waals surface area contributed by atoms with Gasteiger partial charge in [-0.1, -0.05) is 31.5 Å². The van der Waals surface area contributed by atoms with Crippen LogP contribution in [0, 0.1) is 5.92 Å². The lowest BCUT2D eigenvalue weighted by Gasteiger charge is -2.24. The Balaban J connectivity index is 1.73. The Labute approximate surface area is 158 Å². The highest BCUT2D eigenvalue weighted by atomic mass is 35.5. The minimum Gasteiger partial charge on any atom is -0.490 e. The maximum Gasteiger partial charge on any atom is 0.319 e. The number of halogens is 1. The number of carbonyl (C=O) groups excluding carboxylic acids is 1. The van der Waals surface area contributed by atoms with Crippen molar-refractivity contribution in [1.29, 1.82) is 0 Å². The van der Waals surface area contributed by atoms with E-state index in [9.17, 15) is 4.79 Å². The molecule has 0 aliphatic carbocycles. The maximum absolute atomic E-state index is 12.4. The minimum atomic E-state index is -0.266. The first kappa shape index (κ1) is 18.4. The predicted octanol–water partition coefficient (Wildman–Crippen LogP) is 5.02. The van der Waals surface area contributed by atoms with Crippen LogP contribution in [0.2, 0.25) is 5.02 Å². The summed E-state index contributed by atoms with van der Waals surface area (Å²) >= 11 is 5.87. The summed E-state index contributed by atoms with van der Waals surface area (Å²) in [5, 5.41) is 6.50. The average Bonchev–Trinajstić information content (AvgIpc) is 2.86. The Morgan fingerprint density at radius 1 is 1.04 bits per heavy atom. The van der Waals surface area contributed by atoms with E-state index in [0.29, 0.717) is 23.9 Å². The van der Waals surface area contributed by atoms with E-state index in [0.717, 1.165) is 23.5 Å². The lowest BCUT2D eigenvalue weighted by atomic mass is 9.96. The summed E-state index contributed by atoms with van der Waals surface area (Å²) in [5.41, 5.74) is 1.67. The molecule has 0 bridgehead atoms. The Morgan fingerprint density at radius 2 is 1.73 bits per heavy atom. The summed E-state index contributed by atoms with van der Waals surface area (Å²) in [6, 6.07) is 12.4. The molecule has 138 valence electrons. The lowest BCUT2D eigenvalue weighted by molar-refractivity contribution is 0.244. The molecule has 3 rings (SSSR count). The molecule has 2 aromatic rings. The van der Waals surface area contributed by atoms with Gasteiger partial charge in [-0.15, -0.1) is 0 Å². The molecule has 1 heterocycles. The number of carbonyl (C=O) groups is 1. The van der Waals surface area contributed by atoms with Crippen molar-refractivity contribution in [3.05, 3.63) is 53.1 Å². The molecule has 0 fully saturated rings. The summed E-state index contributed by atoms with van der Waals surface area (Å²) in [4.78, 5) is 12.4. The van der Waals surface area contributed by atoms with Gasteiger partial charge in [0, 0.05) is 17.1 Å². The second kappa shape index (κ2) is 8.32. The number of anilines is 1. The second-order valence-corrected chi connectivity index (χ2v) is 7.02. The van der Waals surface area contributed by atoms with E-state index < -0.39 is 0 Å². The fraction of sp³-hybridized carbons (Fsp3) is 0.350. The number of urea groups is 1. The molecule has 1 unspecified atom stereocenters. The number of nitrogens with one attached hydrogen (secondary N) is 2. The van der Waals surface area contributed by atoms with E-state index >= 15 is 0 Å². The van der Waals surface area contributed by atoms with Crippen LogP contribution in [-0.2, 0) is 0 Å². The molecular formula is C20H23ClN2O3. The zero-order valence-corrected chi connectivity index (χ0v) is 15.7. The predicted molar refractivity (Wildman–Crippen MR) is 103 cm³/mol. The molecule has 26 heavy (non-hydrogen) atoms.